The van der Waals surface area contributed by atoms with Crippen LogP contribution in [0.5, 0.6) is 0 Å². The van der Waals surface area contributed by atoms with Crippen molar-refractivity contribution in [2.75, 3.05) is 6.54 Å². The second kappa shape index (κ2) is 4.45. The van der Waals surface area contributed by atoms with Gasteiger partial charge < -0.3 is 5.32 Å². The van der Waals surface area contributed by atoms with Gasteiger partial charge in [-0.15, -0.1) is 0 Å². The normalized spacial score (nSPS) is 27.9. The van der Waals surface area contributed by atoms with Gasteiger partial charge in [-0.05, 0) is 47.8 Å². The Balaban J connectivity index is 1.96. The van der Waals surface area contributed by atoms with E-state index in [9.17, 15) is 0 Å². The molecule has 0 radical (unpaired) electrons. The van der Waals surface area contributed by atoms with Gasteiger partial charge in [-0.1, -0.05) is 38.5 Å². The van der Waals surface area contributed by atoms with Crippen molar-refractivity contribution >= 4 is 0 Å². The van der Waals surface area contributed by atoms with Gasteiger partial charge >= 0.3 is 0 Å². The molecule has 1 aliphatic heterocycles. The van der Waals surface area contributed by atoms with Crippen molar-refractivity contribution in [2.45, 2.75) is 51.5 Å². The first-order chi connectivity index (χ1) is 8.29. The molecular weight excluding hydrogens is 206 g/mol. The van der Waals surface area contributed by atoms with Crippen LogP contribution in [0.25, 0.3) is 0 Å². The SMILES string of the molecule is CCCc1ccc2c(c1)C(C1CC1)NCC2C. The molecule has 3 rings (SSSR count). The quantitative estimate of drug-likeness (QED) is 0.831. The summed E-state index contributed by atoms with van der Waals surface area (Å²) in [6, 6.07) is 7.86. The van der Waals surface area contributed by atoms with Crippen LogP contribution in [0, 0.1) is 5.92 Å². The van der Waals surface area contributed by atoms with Gasteiger partial charge in [0.05, 0.1) is 0 Å². The topological polar surface area (TPSA) is 12.0 Å². The molecule has 2 atom stereocenters. The van der Waals surface area contributed by atoms with Crippen LogP contribution in [0.4, 0.5) is 0 Å². The van der Waals surface area contributed by atoms with Crippen molar-refractivity contribution in [3.63, 3.8) is 0 Å². The molecule has 0 saturated heterocycles. The van der Waals surface area contributed by atoms with E-state index < -0.39 is 0 Å². The average Bonchev–Trinajstić information content (AvgIpc) is 3.14. The second-order valence-electron chi connectivity index (χ2n) is 5.84. The minimum absolute atomic E-state index is 0.651. The van der Waals surface area contributed by atoms with Gasteiger partial charge in [0.2, 0.25) is 0 Å². The largest absolute Gasteiger partial charge is 0.309 e. The van der Waals surface area contributed by atoms with E-state index in [4.69, 9.17) is 0 Å². The highest BCUT2D eigenvalue weighted by molar-refractivity contribution is 5.39. The van der Waals surface area contributed by atoms with Gasteiger partial charge in [0.15, 0.2) is 0 Å². The number of nitrogens with one attached hydrogen (secondary N) is 1. The number of aryl methyl sites for hydroxylation is 1. The number of hydrogen-bond donors (Lipinski definition) is 1. The van der Waals surface area contributed by atoms with Crippen molar-refractivity contribution in [2.24, 2.45) is 5.92 Å². The van der Waals surface area contributed by atoms with Crippen LogP contribution in [0.2, 0.25) is 0 Å². The number of benzene rings is 1. The van der Waals surface area contributed by atoms with E-state index in [1.165, 1.54) is 31.2 Å². The van der Waals surface area contributed by atoms with Crippen LogP contribution >= 0.6 is 0 Å². The van der Waals surface area contributed by atoms with Crippen molar-refractivity contribution < 1.29 is 0 Å². The smallest absolute Gasteiger partial charge is 0.0351 e. The van der Waals surface area contributed by atoms with E-state index in [0.717, 1.165) is 12.5 Å². The van der Waals surface area contributed by atoms with Gasteiger partial charge in [-0.2, -0.15) is 0 Å². The summed E-state index contributed by atoms with van der Waals surface area (Å²) in [7, 11) is 0. The predicted octanol–water partition coefficient (Wildman–Crippen LogP) is 3.80. The monoisotopic (exact) mass is 229 g/mol. The Kier molecular flexibility index (Phi) is 2.96. The van der Waals surface area contributed by atoms with Gasteiger partial charge in [-0.3, -0.25) is 0 Å². The molecule has 1 aliphatic carbocycles. The molecule has 1 N–H and O–H groups in total. The lowest BCUT2D eigenvalue weighted by Crippen LogP contribution is -2.33. The van der Waals surface area contributed by atoms with E-state index in [1.807, 2.05) is 0 Å². The molecule has 1 nitrogen and oxygen atoms in total. The van der Waals surface area contributed by atoms with Gasteiger partial charge in [0.25, 0.3) is 0 Å². The van der Waals surface area contributed by atoms with E-state index in [2.05, 4.69) is 37.4 Å². The van der Waals surface area contributed by atoms with Crippen molar-refractivity contribution in [1.29, 1.82) is 0 Å². The third-order valence-electron chi connectivity index (χ3n) is 4.29. The lowest BCUT2D eigenvalue weighted by Gasteiger charge is -2.31. The lowest BCUT2D eigenvalue weighted by molar-refractivity contribution is 0.429. The van der Waals surface area contributed by atoms with Crippen LogP contribution in [0.1, 0.15) is 61.8 Å². The van der Waals surface area contributed by atoms with Crippen molar-refractivity contribution in [3.05, 3.63) is 34.9 Å². The van der Waals surface area contributed by atoms with Crippen LogP contribution in [0.15, 0.2) is 18.2 Å². The molecule has 1 aromatic rings. The molecule has 0 aromatic heterocycles. The van der Waals surface area contributed by atoms with Crippen molar-refractivity contribution in [3.8, 4) is 0 Å². The minimum Gasteiger partial charge on any atom is -0.309 e. The second-order valence-corrected chi connectivity index (χ2v) is 5.84. The zero-order chi connectivity index (χ0) is 11.8. The highest BCUT2D eigenvalue weighted by Gasteiger charge is 2.36. The first-order valence-corrected chi connectivity index (χ1v) is 7.15. The molecule has 1 heteroatoms. The summed E-state index contributed by atoms with van der Waals surface area (Å²) in [4.78, 5) is 0. The summed E-state index contributed by atoms with van der Waals surface area (Å²) in [5.41, 5.74) is 4.73. The standard InChI is InChI=1S/C16H23N/c1-3-4-12-5-8-14-11(2)10-17-16(13-6-7-13)15(14)9-12/h5,8-9,11,13,16-17H,3-4,6-7,10H2,1-2H3. The van der Waals surface area contributed by atoms with Crippen LogP contribution in [0.3, 0.4) is 0 Å². The van der Waals surface area contributed by atoms with Gasteiger partial charge in [0.1, 0.15) is 0 Å². The van der Waals surface area contributed by atoms with E-state index in [-0.39, 0.29) is 0 Å². The van der Waals surface area contributed by atoms with E-state index >= 15 is 0 Å². The van der Waals surface area contributed by atoms with Crippen molar-refractivity contribution in [1.82, 2.24) is 5.32 Å². The van der Waals surface area contributed by atoms with Gasteiger partial charge in [-0.25, -0.2) is 0 Å². The third kappa shape index (κ3) is 2.13. The Labute approximate surface area is 105 Å². The molecule has 1 saturated carbocycles. The van der Waals surface area contributed by atoms with Crippen LogP contribution in [-0.2, 0) is 6.42 Å². The van der Waals surface area contributed by atoms with Gasteiger partial charge in [0, 0.05) is 12.6 Å². The molecule has 92 valence electrons. The third-order valence-corrected chi connectivity index (χ3v) is 4.29. The summed E-state index contributed by atoms with van der Waals surface area (Å²) >= 11 is 0. The fraction of sp³-hybridized carbons (Fsp3) is 0.625. The Bertz CT molecular complexity index is 406. The maximum absolute atomic E-state index is 3.76. The molecular formula is C16H23N. The molecule has 2 aliphatic rings. The summed E-state index contributed by atoms with van der Waals surface area (Å²) in [5, 5.41) is 3.76. The summed E-state index contributed by atoms with van der Waals surface area (Å²) < 4.78 is 0. The molecule has 0 amide bonds. The van der Waals surface area contributed by atoms with E-state index in [1.54, 1.807) is 11.1 Å². The fourth-order valence-electron chi connectivity index (χ4n) is 3.16. The minimum atomic E-state index is 0.651. The Morgan fingerprint density at radius 1 is 1.24 bits per heavy atom. The first kappa shape index (κ1) is 11.3. The highest BCUT2D eigenvalue weighted by Crippen LogP contribution is 2.45. The Morgan fingerprint density at radius 2 is 2.06 bits per heavy atom. The highest BCUT2D eigenvalue weighted by atomic mass is 14.9. The zero-order valence-electron chi connectivity index (χ0n) is 11.0. The number of rotatable bonds is 3. The summed E-state index contributed by atoms with van der Waals surface area (Å²) in [6.07, 6.45) is 5.31. The maximum Gasteiger partial charge on any atom is 0.0351 e. The summed E-state index contributed by atoms with van der Waals surface area (Å²) in [6.45, 7) is 5.76. The summed E-state index contributed by atoms with van der Waals surface area (Å²) in [5.74, 6) is 1.59. The lowest BCUT2D eigenvalue weighted by atomic mass is 9.84. The van der Waals surface area contributed by atoms with Crippen LogP contribution < -0.4 is 5.32 Å². The van der Waals surface area contributed by atoms with Crippen LogP contribution in [-0.4, -0.2) is 6.54 Å². The number of fused-ring (bicyclic) bond motifs is 1. The van der Waals surface area contributed by atoms with E-state index in [0.29, 0.717) is 12.0 Å². The Hall–Kier alpha value is -0.820. The fourth-order valence-corrected chi connectivity index (χ4v) is 3.16. The molecule has 2 unspecified atom stereocenters. The number of hydrogen-bond acceptors (Lipinski definition) is 1. The predicted molar refractivity (Wildman–Crippen MR) is 72.3 cm³/mol. The molecule has 17 heavy (non-hydrogen) atoms. The molecule has 0 spiro atoms. The Morgan fingerprint density at radius 3 is 2.76 bits per heavy atom. The average molecular weight is 229 g/mol. The zero-order valence-corrected chi connectivity index (χ0v) is 11.0. The molecule has 1 aromatic carbocycles. The molecule has 1 fully saturated rings. The maximum atomic E-state index is 3.76. The molecule has 1 heterocycles. The molecule has 0 bridgehead atoms. The first-order valence-electron chi connectivity index (χ1n) is 7.15.